The van der Waals surface area contributed by atoms with Crippen molar-refractivity contribution in [2.75, 3.05) is 6.61 Å². The van der Waals surface area contributed by atoms with Gasteiger partial charge in [0.1, 0.15) is 31.0 Å². The van der Waals surface area contributed by atoms with Gasteiger partial charge in [0.2, 0.25) is 6.29 Å². The molecule has 1 heterocycles. The molecule has 0 aliphatic carbocycles. The Labute approximate surface area is 172 Å². The van der Waals surface area contributed by atoms with Gasteiger partial charge in [-0.2, -0.15) is 0 Å². The maximum atomic E-state index is 11.6. The van der Waals surface area contributed by atoms with E-state index in [0.717, 1.165) is 5.56 Å². The summed E-state index contributed by atoms with van der Waals surface area (Å²) in [6.45, 7) is 3.33. The summed E-state index contributed by atoms with van der Waals surface area (Å²) in [5.41, 5.74) is 9.88. The molecule has 0 saturated carbocycles. The average molecular weight is 421 g/mol. The first-order valence-electron chi connectivity index (χ1n) is 9.14. The van der Waals surface area contributed by atoms with E-state index in [-0.39, 0.29) is 13.2 Å². The van der Waals surface area contributed by atoms with E-state index < -0.39 is 48.6 Å². The monoisotopic (exact) mass is 421 g/mol. The van der Waals surface area contributed by atoms with Gasteiger partial charge < -0.3 is 23.7 Å². The lowest BCUT2D eigenvalue weighted by Crippen LogP contribution is -2.60. The minimum Gasteiger partial charge on any atom is -0.463 e. The van der Waals surface area contributed by atoms with Gasteiger partial charge in [-0.1, -0.05) is 35.4 Å². The number of carbonyl (C=O) groups excluding carboxylic acids is 3. The van der Waals surface area contributed by atoms with Crippen LogP contribution in [0.4, 0.5) is 0 Å². The quantitative estimate of drug-likeness (QED) is 0.204. The molecule has 0 amide bonds. The number of benzene rings is 1. The average Bonchev–Trinajstić information content (AvgIpc) is 2.68. The molecule has 0 spiro atoms. The van der Waals surface area contributed by atoms with E-state index in [4.69, 9.17) is 29.2 Å². The van der Waals surface area contributed by atoms with Crippen LogP contribution >= 0.6 is 0 Å². The molecule has 1 aliphatic rings. The normalized spacial score (nSPS) is 25.5. The van der Waals surface area contributed by atoms with Gasteiger partial charge in [0.25, 0.3) is 0 Å². The molecule has 0 aromatic heterocycles. The Kier molecular flexibility index (Phi) is 8.60. The third-order valence-corrected chi connectivity index (χ3v) is 4.12. The van der Waals surface area contributed by atoms with Crippen LogP contribution in [0, 0.1) is 0 Å². The Morgan fingerprint density at radius 1 is 1.03 bits per heavy atom. The van der Waals surface area contributed by atoms with Gasteiger partial charge in [-0.15, -0.1) is 0 Å². The number of hydrogen-bond acceptors (Lipinski definition) is 9. The zero-order chi connectivity index (χ0) is 22.1. The summed E-state index contributed by atoms with van der Waals surface area (Å²) in [5, 5.41) is 3.71. The van der Waals surface area contributed by atoms with E-state index >= 15 is 0 Å². The molecule has 2 rings (SSSR count). The Bertz CT molecular complexity index is 796. The van der Waals surface area contributed by atoms with Crippen molar-refractivity contribution in [1.82, 2.24) is 0 Å². The van der Waals surface area contributed by atoms with Crippen molar-refractivity contribution in [3.8, 4) is 0 Å². The van der Waals surface area contributed by atoms with E-state index in [1.165, 1.54) is 20.8 Å². The van der Waals surface area contributed by atoms with Crippen molar-refractivity contribution >= 4 is 17.9 Å². The first-order chi connectivity index (χ1) is 14.3. The van der Waals surface area contributed by atoms with Crippen LogP contribution in [-0.4, -0.2) is 55.2 Å². The third kappa shape index (κ3) is 6.73. The number of carbonyl (C=O) groups is 3. The lowest BCUT2D eigenvalue weighted by molar-refractivity contribution is -0.281. The maximum absolute atomic E-state index is 11.6. The molecule has 162 valence electrons. The van der Waals surface area contributed by atoms with Crippen LogP contribution in [0.2, 0.25) is 0 Å². The highest BCUT2D eigenvalue weighted by Crippen LogP contribution is 2.30. The van der Waals surface area contributed by atoms with Crippen LogP contribution < -0.4 is 0 Å². The van der Waals surface area contributed by atoms with E-state index in [9.17, 15) is 14.4 Å². The molecule has 0 N–H and O–H groups in total. The summed E-state index contributed by atoms with van der Waals surface area (Å²) >= 11 is 0. The Hall–Kier alpha value is -3.14. The van der Waals surface area contributed by atoms with Gasteiger partial charge in [0.05, 0.1) is 6.61 Å². The van der Waals surface area contributed by atoms with Gasteiger partial charge in [0, 0.05) is 25.7 Å². The molecule has 1 aliphatic heterocycles. The SMILES string of the molecule is CC(=O)OCC1O[C@@H](OC(C)=O)C(OCc2ccccc2)[C@@H](N=[N+]=[N-])[C@H]1OC(C)=O. The molecule has 5 atom stereocenters. The number of azide groups is 1. The van der Waals surface area contributed by atoms with Crippen molar-refractivity contribution in [3.05, 3.63) is 46.3 Å². The van der Waals surface area contributed by atoms with Crippen LogP contribution in [0.5, 0.6) is 0 Å². The fraction of sp³-hybridized carbons (Fsp3) is 0.526. The van der Waals surface area contributed by atoms with Crippen LogP contribution in [-0.2, 0) is 44.7 Å². The van der Waals surface area contributed by atoms with E-state index in [2.05, 4.69) is 10.0 Å². The lowest BCUT2D eigenvalue weighted by Gasteiger charge is -2.43. The van der Waals surface area contributed by atoms with Gasteiger partial charge in [-0.25, -0.2) is 0 Å². The Morgan fingerprint density at radius 3 is 2.27 bits per heavy atom. The number of rotatable bonds is 8. The molecule has 0 bridgehead atoms. The molecule has 0 radical (unpaired) electrons. The summed E-state index contributed by atoms with van der Waals surface area (Å²) < 4.78 is 27.1. The topological polar surface area (TPSA) is 146 Å². The minimum atomic E-state index is -1.28. The van der Waals surface area contributed by atoms with Crippen LogP contribution in [0.1, 0.15) is 26.3 Å². The van der Waals surface area contributed by atoms with E-state index in [1.807, 2.05) is 30.3 Å². The standard InChI is InChI=1S/C19H23N3O8/c1-11(23)26-10-15-17(28-12(2)24)16(21-22-20)18(19(30-15)29-13(3)25)27-9-14-7-5-4-6-8-14/h4-8,15-19H,9-10H2,1-3H3/t15?,16-,17-,18?,19+/m0/s1. The van der Waals surface area contributed by atoms with Crippen LogP contribution in [0.3, 0.4) is 0 Å². The third-order valence-electron chi connectivity index (χ3n) is 4.12. The molecule has 1 aromatic rings. The Morgan fingerprint density at radius 2 is 1.70 bits per heavy atom. The number of ether oxygens (including phenoxy) is 5. The predicted molar refractivity (Wildman–Crippen MR) is 101 cm³/mol. The van der Waals surface area contributed by atoms with Gasteiger partial charge >= 0.3 is 17.9 Å². The molecular formula is C19H23N3O8. The number of esters is 3. The zero-order valence-corrected chi connectivity index (χ0v) is 16.8. The van der Waals surface area contributed by atoms with Gasteiger partial charge in [-0.3, -0.25) is 14.4 Å². The molecule has 2 unspecified atom stereocenters. The van der Waals surface area contributed by atoms with Crippen LogP contribution in [0.25, 0.3) is 10.4 Å². The summed E-state index contributed by atoms with van der Waals surface area (Å²) in [6, 6.07) is 8.01. The number of nitrogens with zero attached hydrogens (tertiary/aromatic N) is 3. The highest BCUT2D eigenvalue weighted by molar-refractivity contribution is 5.67. The maximum Gasteiger partial charge on any atom is 0.305 e. The fourth-order valence-corrected chi connectivity index (χ4v) is 2.96. The summed E-state index contributed by atoms with van der Waals surface area (Å²) in [5.74, 6) is -1.92. The molecule has 11 nitrogen and oxygen atoms in total. The summed E-state index contributed by atoms with van der Waals surface area (Å²) in [4.78, 5) is 37.3. The second-order valence-electron chi connectivity index (χ2n) is 6.49. The predicted octanol–water partition coefficient (Wildman–Crippen LogP) is 2.03. The minimum absolute atomic E-state index is 0.0888. The van der Waals surface area contributed by atoms with Gasteiger partial charge in [0.15, 0.2) is 0 Å². The second kappa shape index (κ2) is 11.1. The molecule has 30 heavy (non-hydrogen) atoms. The molecule has 1 aromatic carbocycles. The smallest absolute Gasteiger partial charge is 0.305 e. The summed E-state index contributed by atoms with van der Waals surface area (Å²) in [7, 11) is 0. The van der Waals surface area contributed by atoms with E-state index in [0.29, 0.717) is 0 Å². The van der Waals surface area contributed by atoms with Crippen molar-refractivity contribution in [2.45, 2.75) is 58.0 Å². The van der Waals surface area contributed by atoms with Crippen molar-refractivity contribution in [1.29, 1.82) is 0 Å². The van der Waals surface area contributed by atoms with Crippen molar-refractivity contribution in [2.24, 2.45) is 5.11 Å². The summed E-state index contributed by atoms with van der Waals surface area (Å²) in [6.07, 6.45) is -4.54. The van der Waals surface area contributed by atoms with E-state index in [1.54, 1.807) is 0 Å². The highest BCUT2D eigenvalue weighted by atomic mass is 16.7. The molecule has 11 heteroatoms. The molecule has 1 fully saturated rings. The van der Waals surface area contributed by atoms with Crippen molar-refractivity contribution < 1.29 is 38.1 Å². The Balaban J connectivity index is 2.34. The highest BCUT2D eigenvalue weighted by Gasteiger charge is 2.50. The van der Waals surface area contributed by atoms with Crippen molar-refractivity contribution in [3.63, 3.8) is 0 Å². The lowest BCUT2D eigenvalue weighted by atomic mass is 9.96. The second-order valence-corrected chi connectivity index (χ2v) is 6.49. The number of hydrogen-bond donors (Lipinski definition) is 0. The molecule has 1 saturated heterocycles. The molecular weight excluding hydrogens is 398 g/mol. The largest absolute Gasteiger partial charge is 0.463 e. The van der Waals surface area contributed by atoms with Gasteiger partial charge in [-0.05, 0) is 11.1 Å². The first kappa shape index (κ1) is 23.1. The first-order valence-corrected chi connectivity index (χ1v) is 9.14. The zero-order valence-electron chi connectivity index (χ0n) is 16.8. The van der Waals surface area contributed by atoms with Crippen LogP contribution in [0.15, 0.2) is 35.4 Å². The fourth-order valence-electron chi connectivity index (χ4n) is 2.96.